The SMILES string of the molecule is CCOCO[C@@H](CCOCc1ccc(OC)cc1)[C@H](CC1([C@@H](C)C/C=N/NS(=O)(=O)c2ccc(C)cc2)SCCCS1)OCc1ccccc1. The van der Waals surface area contributed by atoms with Crippen LogP contribution in [0.5, 0.6) is 5.75 Å². The topological polar surface area (TPSA) is 105 Å². The Kier molecular flexibility index (Phi) is 16.9. The molecular formula is C38H52N2O7S3. The minimum absolute atomic E-state index is 0.159. The summed E-state index contributed by atoms with van der Waals surface area (Å²) >= 11 is 3.92. The first-order chi connectivity index (χ1) is 24.2. The van der Waals surface area contributed by atoms with Gasteiger partial charge in [-0.15, -0.1) is 23.5 Å². The molecule has 1 aliphatic rings. The fourth-order valence-corrected chi connectivity index (χ4v) is 9.95. The fraction of sp³-hybridized carbons (Fsp3) is 0.500. The summed E-state index contributed by atoms with van der Waals surface area (Å²) < 4.78 is 55.6. The molecule has 9 nitrogen and oxygen atoms in total. The third-order valence-corrected chi connectivity index (χ3v) is 13.6. The first-order valence-electron chi connectivity index (χ1n) is 17.2. The molecule has 50 heavy (non-hydrogen) atoms. The molecule has 0 bridgehead atoms. The summed E-state index contributed by atoms with van der Waals surface area (Å²) in [5.74, 6) is 3.05. The zero-order valence-corrected chi connectivity index (χ0v) is 32.1. The summed E-state index contributed by atoms with van der Waals surface area (Å²) in [4.78, 5) is 2.57. The maximum atomic E-state index is 12.8. The van der Waals surface area contributed by atoms with Crippen molar-refractivity contribution in [2.75, 3.05) is 38.6 Å². The maximum Gasteiger partial charge on any atom is 0.276 e. The van der Waals surface area contributed by atoms with Crippen molar-refractivity contribution in [1.29, 1.82) is 0 Å². The summed E-state index contributed by atoms with van der Waals surface area (Å²) in [7, 11) is -2.09. The average molecular weight is 745 g/mol. The number of ether oxygens (including phenoxy) is 5. The molecule has 1 fully saturated rings. The van der Waals surface area contributed by atoms with Crippen LogP contribution in [0.4, 0.5) is 0 Å². The lowest BCUT2D eigenvalue weighted by Crippen LogP contribution is -2.43. The molecule has 1 saturated heterocycles. The van der Waals surface area contributed by atoms with Crippen molar-refractivity contribution in [2.45, 2.75) is 80.9 Å². The van der Waals surface area contributed by atoms with Crippen LogP contribution < -0.4 is 9.57 Å². The number of rotatable bonds is 22. The van der Waals surface area contributed by atoms with Gasteiger partial charge in [-0.05, 0) is 85.9 Å². The minimum Gasteiger partial charge on any atom is -0.497 e. The number of nitrogens with zero attached hydrogens (tertiary/aromatic N) is 1. The molecule has 0 spiro atoms. The Morgan fingerprint density at radius 1 is 0.900 bits per heavy atom. The van der Waals surface area contributed by atoms with Gasteiger partial charge in [-0.3, -0.25) is 0 Å². The molecule has 0 saturated carbocycles. The van der Waals surface area contributed by atoms with E-state index in [2.05, 4.69) is 29.0 Å². The van der Waals surface area contributed by atoms with E-state index in [0.717, 1.165) is 46.8 Å². The second kappa shape index (κ2) is 21.1. The number of methoxy groups -OCH3 is 1. The molecule has 0 aromatic heterocycles. The summed E-state index contributed by atoms with van der Waals surface area (Å²) in [5.41, 5.74) is 3.16. The Hall–Kier alpha value is -2.58. The highest BCUT2D eigenvalue weighted by molar-refractivity contribution is 8.18. The Morgan fingerprint density at radius 3 is 2.28 bits per heavy atom. The van der Waals surface area contributed by atoms with Crippen molar-refractivity contribution in [1.82, 2.24) is 4.83 Å². The van der Waals surface area contributed by atoms with E-state index in [0.29, 0.717) is 39.3 Å². The van der Waals surface area contributed by atoms with Crippen LogP contribution >= 0.6 is 23.5 Å². The fourth-order valence-electron chi connectivity index (χ4n) is 5.52. The second-order valence-electron chi connectivity index (χ2n) is 12.3. The molecule has 3 aromatic carbocycles. The minimum atomic E-state index is -3.75. The van der Waals surface area contributed by atoms with Crippen molar-refractivity contribution in [3.63, 3.8) is 0 Å². The second-order valence-corrected chi connectivity index (χ2v) is 17.0. The summed E-state index contributed by atoms with van der Waals surface area (Å²) in [6.45, 7) is 8.24. The number of hydrogen-bond acceptors (Lipinski definition) is 10. The number of thioether (sulfide) groups is 2. The van der Waals surface area contributed by atoms with E-state index in [1.165, 1.54) is 0 Å². The summed E-state index contributed by atoms with van der Waals surface area (Å²) in [5, 5.41) is 4.15. The van der Waals surface area contributed by atoms with Gasteiger partial charge >= 0.3 is 0 Å². The molecular weight excluding hydrogens is 693 g/mol. The molecule has 4 rings (SSSR count). The predicted octanol–water partition coefficient (Wildman–Crippen LogP) is 7.82. The summed E-state index contributed by atoms with van der Waals surface area (Å²) in [6.07, 6.45) is 4.24. The normalized spacial score (nSPS) is 16.6. The van der Waals surface area contributed by atoms with Gasteiger partial charge in [-0.2, -0.15) is 13.5 Å². The highest BCUT2D eigenvalue weighted by atomic mass is 32.2. The molecule has 1 heterocycles. The number of sulfonamides is 1. The van der Waals surface area contributed by atoms with Crippen LogP contribution in [0.3, 0.4) is 0 Å². The van der Waals surface area contributed by atoms with E-state index in [-0.39, 0.29) is 33.9 Å². The van der Waals surface area contributed by atoms with E-state index < -0.39 is 10.0 Å². The number of hydrogen-bond donors (Lipinski definition) is 1. The van der Waals surface area contributed by atoms with Crippen molar-refractivity contribution < 1.29 is 32.1 Å². The quantitative estimate of drug-likeness (QED) is 0.0477. The summed E-state index contributed by atoms with van der Waals surface area (Å²) in [6, 6.07) is 24.8. The lowest BCUT2D eigenvalue weighted by molar-refractivity contribution is -0.148. The van der Waals surface area contributed by atoms with Crippen LogP contribution in [-0.4, -0.2) is 69.5 Å². The third-order valence-electron chi connectivity index (χ3n) is 8.54. The van der Waals surface area contributed by atoms with Crippen molar-refractivity contribution in [3.05, 3.63) is 95.6 Å². The van der Waals surface area contributed by atoms with Crippen LogP contribution in [0.2, 0.25) is 0 Å². The van der Waals surface area contributed by atoms with Gasteiger partial charge in [-0.1, -0.05) is 67.1 Å². The number of benzene rings is 3. The third kappa shape index (κ3) is 12.9. The predicted molar refractivity (Wildman–Crippen MR) is 204 cm³/mol. The number of nitrogens with one attached hydrogen (secondary N) is 1. The van der Waals surface area contributed by atoms with E-state index in [1.54, 1.807) is 37.6 Å². The van der Waals surface area contributed by atoms with Gasteiger partial charge in [0.2, 0.25) is 0 Å². The molecule has 0 unspecified atom stereocenters. The Bertz CT molecular complexity index is 1520. The standard InChI is InChI=1S/C38H52N2O7S3/c1-5-44-29-47-36(21-23-45-27-33-14-16-34(43-4)17-15-33)37(46-28-32-10-7-6-8-11-32)26-38(48-24-9-25-49-38)31(3)20-22-39-40-50(41,42)35-18-12-30(2)13-19-35/h6-8,10-19,22,31,36-37,40H,5,9,20-21,23-29H2,1-4H3/b39-22+/t31-,36-,37-/m0/s1. The van der Waals surface area contributed by atoms with Gasteiger partial charge in [0, 0.05) is 25.8 Å². The van der Waals surface area contributed by atoms with Crippen molar-refractivity contribution in [3.8, 4) is 5.75 Å². The molecule has 3 atom stereocenters. The van der Waals surface area contributed by atoms with Gasteiger partial charge < -0.3 is 23.7 Å². The van der Waals surface area contributed by atoms with Crippen LogP contribution in [0.25, 0.3) is 0 Å². The Balaban J connectivity index is 1.48. The zero-order chi connectivity index (χ0) is 35.7. The Morgan fingerprint density at radius 2 is 1.60 bits per heavy atom. The molecule has 1 N–H and O–H groups in total. The van der Waals surface area contributed by atoms with E-state index in [9.17, 15) is 8.42 Å². The number of aryl methyl sites for hydroxylation is 1. The monoisotopic (exact) mass is 744 g/mol. The van der Waals surface area contributed by atoms with Gasteiger partial charge in [0.25, 0.3) is 10.0 Å². The Labute approximate surface area is 307 Å². The van der Waals surface area contributed by atoms with Crippen molar-refractivity contribution >= 4 is 39.8 Å². The molecule has 1 aliphatic heterocycles. The van der Waals surface area contributed by atoms with Crippen LogP contribution in [0, 0.1) is 12.8 Å². The van der Waals surface area contributed by atoms with Gasteiger partial charge in [0.15, 0.2) is 0 Å². The molecule has 12 heteroatoms. The van der Waals surface area contributed by atoms with Gasteiger partial charge in [0.05, 0.1) is 41.5 Å². The van der Waals surface area contributed by atoms with Gasteiger partial charge in [-0.25, -0.2) is 4.83 Å². The van der Waals surface area contributed by atoms with Crippen molar-refractivity contribution in [2.24, 2.45) is 11.0 Å². The largest absolute Gasteiger partial charge is 0.497 e. The van der Waals surface area contributed by atoms with E-state index >= 15 is 0 Å². The highest BCUT2D eigenvalue weighted by Crippen LogP contribution is 2.52. The van der Waals surface area contributed by atoms with E-state index in [4.69, 9.17) is 23.7 Å². The first-order valence-corrected chi connectivity index (χ1v) is 20.6. The molecule has 3 aromatic rings. The van der Waals surface area contributed by atoms with Gasteiger partial charge in [0.1, 0.15) is 12.5 Å². The molecule has 0 amide bonds. The van der Waals surface area contributed by atoms with Crippen LogP contribution in [-0.2, 0) is 42.2 Å². The highest BCUT2D eigenvalue weighted by Gasteiger charge is 2.43. The smallest absolute Gasteiger partial charge is 0.276 e. The number of hydrazone groups is 1. The average Bonchev–Trinajstić information content (AvgIpc) is 3.14. The molecule has 0 aliphatic carbocycles. The first kappa shape index (κ1) is 40.2. The van der Waals surface area contributed by atoms with Crippen LogP contribution in [0.1, 0.15) is 56.2 Å². The van der Waals surface area contributed by atoms with Crippen LogP contribution in [0.15, 0.2) is 88.9 Å². The van der Waals surface area contributed by atoms with E-state index in [1.807, 2.05) is 79.8 Å². The molecule has 0 radical (unpaired) electrons. The lowest BCUT2D eigenvalue weighted by Gasteiger charge is -2.44. The lowest BCUT2D eigenvalue weighted by atomic mass is 9.95. The molecule has 274 valence electrons. The maximum absolute atomic E-state index is 12.8. The zero-order valence-electron chi connectivity index (χ0n) is 29.6.